The molecule has 1 aromatic heterocycles. The normalized spacial score (nSPS) is 19.7. The van der Waals surface area contributed by atoms with Gasteiger partial charge in [0.15, 0.2) is 0 Å². The van der Waals surface area contributed by atoms with Gasteiger partial charge in [0, 0.05) is 18.9 Å². The molecule has 0 aromatic carbocycles. The second-order valence-corrected chi connectivity index (χ2v) is 5.90. The van der Waals surface area contributed by atoms with Crippen LogP contribution in [-0.4, -0.2) is 16.7 Å². The third-order valence-electron chi connectivity index (χ3n) is 4.29. The molecule has 116 valence electrons. The van der Waals surface area contributed by atoms with Gasteiger partial charge in [-0.1, -0.05) is 37.8 Å². The van der Waals surface area contributed by atoms with Gasteiger partial charge >= 0.3 is 0 Å². The summed E-state index contributed by atoms with van der Waals surface area (Å²) in [5, 5.41) is 12.9. The molecule has 5 heteroatoms. The summed E-state index contributed by atoms with van der Waals surface area (Å²) < 4.78 is 11.5. The summed E-state index contributed by atoms with van der Waals surface area (Å²) in [5.74, 6) is 1.45. The SMILES string of the molecule is CCOC1(c2noc(C(C)CCC#N)n2)CCCCCC1. The third-order valence-corrected chi connectivity index (χ3v) is 4.29. The van der Waals surface area contributed by atoms with Crippen LogP contribution in [0.3, 0.4) is 0 Å². The maximum atomic E-state index is 8.68. The van der Waals surface area contributed by atoms with Crippen LogP contribution in [-0.2, 0) is 10.3 Å². The predicted octanol–water partition coefficient (Wildman–Crippen LogP) is 4.06. The highest BCUT2D eigenvalue weighted by Crippen LogP contribution is 2.38. The molecule has 1 unspecified atom stereocenters. The molecule has 1 aliphatic rings. The highest BCUT2D eigenvalue weighted by atomic mass is 16.5. The van der Waals surface area contributed by atoms with Crippen LogP contribution in [0, 0.1) is 11.3 Å². The van der Waals surface area contributed by atoms with Gasteiger partial charge in [-0.3, -0.25) is 0 Å². The molecule has 1 aromatic rings. The highest BCUT2D eigenvalue weighted by molar-refractivity contribution is 5.04. The van der Waals surface area contributed by atoms with Crippen LogP contribution in [0.15, 0.2) is 4.52 Å². The van der Waals surface area contributed by atoms with E-state index in [0.29, 0.717) is 24.7 Å². The van der Waals surface area contributed by atoms with Crippen molar-refractivity contribution in [1.29, 1.82) is 5.26 Å². The van der Waals surface area contributed by atoms with Crippen LogP contribution in [0.1, 0.15) is 82.8 Å². The molecular weight excluding hydrogens is 266 g/mol. The lowest BCUT2D eigenvalue weighted by Gasteiger charge is -2.29. The van der Waals surface area contributed by atoms with E-state index >= 15 is 0 Å². The Morgan fingerprint density at radius 2 is 2.05 bits per heavy atom. The van der Waals surface area contributed by atoms with Crippen molar-refractivity contribution < 1.29 is 9.26 Å². The first-order chi connectivity index (χ1) is 10.2. The third kappa shape index (κ3) is 3.82. The van der Waals surface area contributed by atoms with Crippen molar-refractivity contribution >= 4 is 0 Å². The zero-order chi connectivity index (χ0) is 15.1. The van der Waals surface area contributed by atoms with Crippen molar-refractivity contribution in [3.63, 3.8) is 0 Å². The molecule has 5 nitrogen and oxygen atoms in total. The number of nitrogens with zero attached hydrogens (tertiary/aromatic N) is 3. The Hall–Kier alpha value is -1.41. The molecule has 2 rings (SSSR count). The van der Waals surface area contributed by atoms with Gasteiger partial charge in [-0.15, -0.1) is 0 Å². The van der Waals surface area contributed by atoms with Crippen molar-refractivity contribution in [3.8, 4) is 6.07 Å². The van der Waals surface area contributed by atoms with E-state index in [9.17, 15) is 0 Å². The quantitative estimate of drug-likeness (QED) is 0.739. The second-order valence-electron chi connectivity index (χ2n) is 5.90. The smallest absolute Gasteiger partial charge is 0.229 e. The fraction of sp³-hybridized carbons (Fsp3) is 0.812. The Kier molecular flexibility index (Phi) is 5.75. The summed E-state index contributed by atoms with van der Waals surface area (Å²) in [4.78, 5) is 4.61. The van der Waals surface area contributed by atoms with Crippen LogP contribution in [0.2, 0.25) is 0 Å². The molecule has 1 heterocycles. The summed E-state index contributed by atoms with van der Waals surface area (Å²) in [7, 11) is 0. The average molecular weight is 291 g/mol. The van der Waals surface area contributed by atoms with E-state index in [2.05, 4.69) is 16.2 Å². The Labute approximate surface area is 126 Å². The lowest BCUT2D eigenvalue weighted by Crippen LogP contribution is -2.30. The van der Waals surface area contributed by atoms with Gasteiger partial charge in [0.25, 0.3) is 0 Å². The standard InChI is InChI=1S/C16H25N3O2/c1-3-20-16(10-6-4-5-7-11-16)15-18-14(21-19-15)13(2)9-8-12-17/h13H,3-11H2,1-2H3. The fourth-order valence-electron chi connectivity index (χ4n) is 3.03. The number of aromatic nitrogens is 2. The van der Waals surface area contributed by atoms with Gasteiger partial charge in [0.2, 0.25) is 11.7 Å². The molecule has 1 saturated carbocycles. The number of nitriles is 1. The Balaban J connectivity index is 2.17. The predicted molar refractivity (Wildman–Crippen MR) is 78.6 cm³/mol. The zero-order valence-electron chi connectivity index (χ0n) is 13.1. The van der Waals surface area contributed by atoms with Crippen LogP contribution < -0.4 is 0 Å². The molecule has 0 saturated heterocycles. The molecule has 1 aliphatic carbocycles. The number of hydrogen-bond donors (Lipinski definition) is 0. The van der Waals surface area contributed by atoms with Crippen molar-refractivity contribution in [3.05, 3.63) is 11.7 Å². The maximum absolute atomic E-state index is 8.68. The average Bonchev–Trinajstić information content (AvgIpc) is 2.87. The lowest BCUT2D eigenvalue weighted by atomic mass is 9.93. The Morgan fingerprint density at radius 1 is 1.33 bits per heavy atom. The summed E-state index contributed by atoms with van der Waals surface area (Å²) >= 11 is 0. The first kappa shape index (κ1) is 16.0. The molecule has 0 N–H and O–H groups in total. The van der Waals surface area contributed by atoms with Crippen molar-refractivity contribution in [1.82, 2.24) is 10.1 Å². The van der Waals surface area contributed by atoms with E-state index in [1.807, 2.05) is 13.8 Å². The van der Waals surface area contributed by atoms with Crippen LogP contribution in [0.4, 0.5) is 0 Å². The molecule has 0 amide bonds. The number of ether oxygens (including phenoxy) is 1. The maximum Gasteiger partial charge on any atom is 0.229 e. The fourth-order valence-corrected chi connectivity index (χ4v) is 3.03. The Morgan fingerprint density at radius 3 is 2.67 bits per heavy atom. The molecule has 0 bridgehead atoms. The monoisotopic (exact) mass is 291 g/mol. The van der Waals surface area contributed by atoms with Gasteiger partial charge in [0.05, 0.1) is 6.07 Å². The molecule has 0 aliphatic heterocycles. The van der Waals surface area contributed by atoms with E-state index in [4.69, 9.17) is 14.5 Å². The summed E-state index contributed by atoms with van der Waals surface area (Å²) in [6, 6.07) is 2.16. The van der Waals surface area contributed by atoms with Gasteiger partial charge in [-0.2, -0.15) is 10.2 Å². The van der Waals surface area contributed by atoms with Crippen LogP contribution in [0.5, 0.6) is 0 Å². The first-order valence-electron chi connectivity index (χ1n) is 8.07. The van der Waals surface area contributed by atoms with E-state index < -0.39 is 0 Å². The van der Waals surface area contributed by atoms with Crippen LogP contribution in [0.25, 0.3) is 0 Å². The molecule has 1 atom stereocenters. The number of rotatable bonds is 6. The zero-order valence-corrected chi connectivity index (χ0v) is 13.1. The summed E-state index contributed by atoms with van der Waals surface area (Å²) in [5.41, 5.74) is -0.373. The van der Waals surface area contributed by atoms with Gasteiger partial charge in [-0.05, 0) is 26.2 Å². The minimum Gasteiger partial charge on any atom is -0.367 e. The molecule has 0 spiro atoms. The minimum atomic E-state index is -0.373. The van der Waals surface area contributed by atoms with E-state index in [-0.39, 0.29) is 11.5 Å². The van der Waals surface area contributed by atoms with Gasteiger partial charge in [0.1, 0.15) is 5.60 Å². The van der Waals surface area contributed by atoms with Crippen molar-refractivity contribution in [2.45, 2.75) is 76.7 Å². The van der Waals surface area contributed by atoms with Crippen molar-refractivity contribution in [2.24, 2.45) is 0 Å². The minimum absolute atomic E-state index is 0.121. The van der Waals surface area contributed by atoms with Gasteiger partial charge < -0.3 is 9.26 Å². The molecule has 0 radical (unpaired) electrons. The van der Waals surface area contributed by atoms with Gasteiger partial charge in [-0.25, -0.2) is 0 Å². The largest absolute Gasteiger partial charge is 0.367 e. The van der Waals surface area contributed by atoms with E-state index in [1.165, 1.54) is 12.8 Å². The second kappa shape index (κ2) is 7.56. The van der Waals surface area contributed by atoms with Crippen LogP contribution >= 0.6 is 0 Å². The number of hydrogen-bond acceptors (Lipinski definition) is 5. The van der Waals surface area contributed by atoms with Crippen molar-refractivity contribution in [2.75, 3.05) is 6.61 Å². The summed E-state index contributed by atoms with van der Waals surface area (Å²) in [6.45, 7) is 4.70. The van der Waals surface area contributed by atoms with E-state index in [0.717, 1.165) is 32.1 Å². The summed E-state index contributed by atoms with van der Waals surface area (Å²) in [6.07, 6.45) is 7.98. The van der Waals surface area contributed by atoms with E-state index in [1.54, 1.807) is 0 Å². The Bertz CT molecular complexity index is 470. The lowest BCUT2D eigenvalue weighted by molar-refractivity contribution is -0.0636. The molecule has 21 heavy (non-hydrogen) atoms. The molecule has 1 fully saturated rings. The highest BCUT2D eigenvalue weighted by Gasteiger charge is 2.38. The molecular formula is C16H25N3O2. The first-order valence-corrected chi connectivity index (χ1v) is 8.07. The topological polar surface area (TPSA) is 71.9 Å².